The monoisotopic (exact) mass is 142 g/mol. The van der Waals surface area contributed by atoms with Gasteiger partial charge in [0.1, 0.15) is 0 Å². The Hall–Kier alpha value is 0.0300. The highest BCUT2D eigenvalue weighted by molar-refractivity contribution is 6.21. The first-order chi connectivity index (χ1) is 4.21. The first kappa shape index (κ1) is 5.79. The fourth-order valence-corrected chi connectivity index (χ4v) is 2.38. The Morgan fingerprint density at radius 1 is 1.67 bits per heavy atom. The predicted molar refractivity (Wildman–Crippen MR) is 39.6 cm³/mol. The predicted octanol–water partition coefficient (Wildman–Crippen LogP) is 2.58. The molecule has 0 N–H and O–H groups in total. The summed E-state index contributed by atoms with van der Waals surface area (Å²) in [7, 11) is 0. The summed E-state index contributed by atoms with van der Waals surface area (Å²) in [5, 5.41) is 0.410. The summed E-state index contributed by atoms with van der Waals surface area (Å²) in [5.41, 5.74) is 0.353. The number of halogens is 1. The summed E-state index contributed by atoms with van der Waals surface area (Å²) in [4.78, 5) is 0. The van der Waals surface area contributed by atoms with Gasteiger partial charge < -0.3 is 0 Å². The topological polar surface area (TPSA) is 0 Å². The van der Waals surface area contributed by atoms with Gasteiger partial charge in [-0.05, 0) is 18.8 Å². The molecule has 50 valence electrons. The van der Waals surface area contributed by atoms with E-state index in [9.17, 15) is 0 Å². The molecule has 0 saturated heterocycles. The second-order valence-corrected chi connectivity index (χ2v) is 4.06. The molecule has 0 aromatic heterocycles. The summed E-state index contributed by atoms with van der Waals surface area (Å²) in [5.74, 6) is 0.803. The number of allylic oxidation sites excluding steroid dienone is 2. The van der Waals surface area contributed by atoms with E-state index in [0.717, 1.165) is 5.92 Å². The van der Waals surface area contributed by atoms with Gasteiger partial charge in [0.05, 0.1) is 0 Å². The van der Waals surface area contributed by atoms with E-state index < -0.39 is 0 Å². The van der Waals surface area contributed by atoms with Crippen LogP contribution in [0.3, 0.4) is 0 Å². The standard InChI is InChI=1S/C8H11Cl/c1-8-3-2-6(5-8)4-7(8)9/h2-3,6-7H,4-5H2,1H3/t6-,7-,8-/m1/s1. The fourth-order valence-electron chi connectivity index (χ4n) is 1.99. The van der Waals surface area contributed by atoms with Crippen molar-refractivity contribution in [2.75, 3.05) is 0 Å². The molecule has 2 aliphatic carbocycles. The van der Waals surface area contributed by atoms with E-state index in [1.54, 1.807) is 0 Å². The minimum absolute atomic E-state index is 0.353. The fraction of sp³-hybridized carbons (Fsp3) is 0.750. The molecule has 2 bridgehead atoms. The number of rotatable bonds is 0. The van der Waals surface area contributed by atoms with Gasteiger partial charge in [0.15, 0.2) is 0 Å². The molecule has 9 heavy (non-hydrogen) atoms. The maximum atomic E-state index is 6.10. The Morgan fingerprint density at radius 2 is 2.44 bits per heavy atom. The Morgan fingerprint density at radius 3 is 2.67 bits per heavy atom. The normalized spacial score (nSPS) is 54.9. The summed E-state index contributed by atoms with van der Waals surface area (Å²) in [6, 6.07) is 0. The molecule has 2 rings (SSSR count). The van der Waals surface area contributed by atoms with Crippen LogP contribution in [0.15, 0.2) is 12.2 Å². The van der Waals surface area contributed by atoms with Crippen molar-refractivity contribution in [2.45, 2.75) is 25.1 Å². The third-order valence-electron chi connectivity index (χ3n) is 2.68. The third-order valence-corrected chi connectivity index (χ3v) is 3.35. The van der Waals surface area contributed by atoms with Crippen LogP contribution in [0.4, 0.5) is 0 Å². The molecule has 0 radical (unpaired) electrons. The first-order valence-electron chi connectivity index (χ1n) is 3.54. The minimum Gasteiger partial charge on any atom is -0.122 e. The molecule has 1 heteroatoms. The SMILES string of the molecule is C[C@]12C=C[C@H](C[C@H]1Cl)C2. The molecule has 0 amide bonds. The largest absolute Gasteiger partial charge is 0.122 e. The van der Waals surface area contributed by atoms with Crippen molar-refractivity contribution >= 4 is 11.6 Å². The number of alkyl halides is 1. The lowest BCUT2D eigenvalue weighted by Crippen LogP contribution is -2.18. The van der Waals surface area contributed by atoms with E-state index in [0.29, 0.717) is 10.8 Å². The zero-order valence-electron chi connectivity index (χ0n) is 5.60. The molecule has 1 saturated carbocycles. The zero-order chi connectivity index (χ0) is 6.48. The molecule has 0 aromatic carbocycles. The van der Waals surface area contributed by atoms with Crippen LogP contribution in [-0.2, 0) is 0 Å². The van der Waals surface area contributed by atoms with E-state index in [4.69, 9.17) is 11.6 Å². The number of fused-ring (bicyclic) bond motifs is 2. The Labute approximate surface area is 60.9 Å². The third kappa shape index (κ3) is 0.660. The van der Waals surface area contributed by atoms with E-state index in [1.807, 2.05) is 0 Å². The molecule has 0 unspecified atom stereocenters. The van der Waals surface area contributed by atoms with Gasteiger partial charge in [-0.15, -0.1) is 11.6 Å². The van der Waals surface area contributed by atoms with Gasteiger partial charge in [-0.3, -0.25) is 0 Å². The van der Waals surface area contributed by atoms with Crippen LogP contribution in [0.25, 0.3) is 0 Å². The van der Waals surface area contributed by atoms with Gasteiger partial charge in [-0.1, -0.05) is 19.1 Å². The quantitative estimate of drug-likeness (QED) is 0.360. The van der Waals surface area contributed by atoms with Crippen LogP contribution in [0.1, 0.15) is 19.8 Å². The average molecular weight is 143 g/mol. The van der Waals surface area contributed by atoms with E-state index in [1.165, 1.54) is 12.8 Å². The van der Waals surface area contributed by atoms with Gasteiger partial charge >= 0.3 is 0 Å². The van der Waals surface area contributed by atoms with Gasteiger partial charge in [0, 0.05) is 10.8 Å². The maximum absolute atomic E-state index is 6.10. The molecular formula is C8H11Cl. The lowest BCUT2D eigenvalue weighted by molar-refractivity contribution is 0.461. The van der Waals surface area contributed by atoms with E-state index in [2.05, 4.69) is 19.1 Å². The maximum Gasteiger partial charge on any atom is 0.0430 e. The van der Waals surface area contributed by atoms with Crippen molar-refractivity contribution in [1.29, 1.82) is 0 Å². The Balaban J connectivity index is 2.33. The van der Waals surface area contributed by atoms with Crippen LogP contribution < -0.4 is 0 Å². The highest BCUT2D eigenvalue weighted by Gasteiger charge is 2.43. The molecule has 0 aliphatic heterocycles. The molecule has 0 aromatic rings. The second-order valence-electron chi connectivity index (χ2n) is 3.53. The van der Waals surface area contributed by atoms with Crippen molar-refractivity contribution in [2.24, 2.45) is 11.3 Å². The van der Waals surface area contributed by atoms with Crippen molar-refractivity contribution in [3.63, 3.8) is 0 Å². The molecular weight excluding hydrogens is 132 g/mol. The Bertz CT molecular complexity index is 162. The zero-order valence-corrected chi connectivity index (χ0v) is 6.36. The summed E-state index contributed by atoms with van der Waals surface area (Å²) < 4.78 is 0. The summed E-state index contributed by atoms with van der Waals surface area (Å²) in [6.45, 7) is 2.26. The molecule has 1 fully saturated rings. The molecule has 0 spiro atoms. The van der Waals surface area contributed by atoms with Crippen LogP contribution in [0.5, 0.6) is 0 Å². The van der Waals surface area contributed by atoms with Crippen molar-refractivity contribution in [3.05, 3.63) is 12.2 Å². The van der Waals surface area contributed by atoms with Crippen LogP contribution >= 0.6 is 11.6 Å². The lowest BCUT2D eigenvalue weighted by Gasteiger charge is -2.21. The summed E-state index contributed by atoms with van der Waals surface area (Å²) in [6.07, 6.45) is 7.10. The lowest BCUT2D eigenvalue weighted by atomic mass is 9.90. The van der Waals surface area contributed by atoms with Gasteiger partial charge in [-0.2, -0.15) is 0 Å². The van der Waals surface area contributed by atoms with E-state index in [-0.39, 0.29) is 0 Å². The van der Waals surface area contributed by atoms with Crippen LogP contribution in [-0.4, -0.2) is 5.38 Å². The van der Waals surface area contributed by atoms with Crippen LogP contribution in [0.2, 0.25) is 0 Å². The molecule has 0 nitrogen and oxygen atoms in total. The van der Waals surface area contributed by atoms with Crippen molar-refractivity contribution < 1.29 is 0 Å². The summed E-state index contributed by atoms with van der Waals surface area (Å²) >= 11 is 6.10. The highest BCUT2D eigenvalue weighted by atomic mass is 35.5. The minimum atomic E-state index is 0.353. The van der Waals surface area contributed by atoms with Gasteiger partial charge in [-0.25, -0.2) is 0 Å². The molecule has 2 aliphatic rings. The van der Waals surface area contributed by atoms with Crippen LogP contribution in [0, 0.1) is 11.3 Å². The van der Waals surface area contributed by atoms with Gasteiger partial charge in [0.2, 0.25) is 0 Å². The molecule has 0 heterocycles. The highest BCUT2D eigenvalue weighted by Crippen LogP contribution is 2.51. The smallest absolute Gasteiger partial charge is 0.0430 e. The molecule has 3 atom stereocenters. The van der Waals surface area contributed by atoms with E-state index >= 15 is 0 Å². The average Bonchev–Trinajstić information content (AvgIpc) is 2.22. The van der Waals surface area contributed by atoms with Crippen molar-refractivity contribution in [1.82, 2.24) is 0 Å². The second kappa shape index (κ2) is 1.54. The first-order valence-corrected chi connectivity index (χ1v) is 3.98. The Kier molecular flexibility index (Phi) is 0.993. The van der Waals surface area contributed by atoms with Crippen molar-refractivity contribution in [3.8, 4) is 0 Å². The van der Waals surface area contributed by atoms with Gasteiger partial charge in [0.25, 0.3) is 0 Å². The number of hydrogen-bond donors (Lipinski definition) is 0. The number of hydrogen-bond acceptors (Lipinski definition) is 0.